The highest BCUT2D eigenvalue weighted by Crippen LogP contribution is 2.38. The molecule has 0 aromatic carbocycles. The van der Waals surface area contributed by atoms with Gasteiger partial charge < -0.3 is 40.0 Å². The number of aliphatic carboxylic acids is 1. The molecule has 0 aromatic rings. The Bertz CT molecular complexity index is 471. The number of carboxylic acids is 1. The number of phosphoric ester groups is 2. The summed E-state index contributed by atoms with van der Waals surface area (Å²) in [6.07, 6.45) is -4.93. The van der Waals surface area contributed by atoms with Crippen molar-refractivity contribution in [3.05, 3.63) is 0 Å². The molecular formula is C6H14O13P2. The second-order valence-electron chi connectivity index (χ2n) is 3.77. The largest absolute Gasteiger partial charge is 0.479 e. The molecule has 0 heterocycles. The summed E-state index contributed by atoms with van der Waals surface area (Å²) in [6, 6.07) is 0. The summed E-state index contributed by atoms with van der Waals surface area (Å²) in [5.41, 5.74) is -3.32. The molecule has 15 heteroatoms. The molecule has 0 aromatic heterocycles. The number of carboxylic acid groups (broad SMARTS) is 1. The third-order valence-electron chi connectivity index (χ3n) is 2.07. The first-order chi connectivity index (χ1) is 9.73. The van der Waals surface area contributed by atoms with Crippen molar-refractivity contribution in [2.24, 2.45) is 0 Å². The molecule has 0 saturated heterocycles. The van der Waals surface area contributed by atoms with Crippen LogP contribution in [0.5, 0.6) is 0 Å². The predicted octanol–water partition coefficient (Wildman–Crippen LogP) is -3.26. The van der Waals surface area contributed by atoms with Crippen LogP contribution in [0.1, 0.15) is 0 Å². The van der Waals surface area contributed by atoms with Crippen LogP contribution >= 0.6 is 15.6 Å². The van der Waals surface area contributed by atoms with Crippen LogP contribution in [-0.4, -0.2) is 77.0 Å². The Kier molecular flexibility index (Phi) is 6.40. The summed E-state index contributed by atoms with van der Waals surface area (Å²) in [5, 5.41) is 32.1. The van der Waals surface area contributed by atoms with Crippen LogP contribution in [0.15, 0.2) is 0 Å². The van der Waals surface area contributed by atoms with Gasteiger partial charge in [-0.2, -0.15) is 0 Å². The first-order valence-corrected chi connectivity index (χ1v) is 7.95. The van der Waals surface area contributed by atoms with Crippen LogP contribution in [0.25, 0.3) is 1.43 Å². The van der Waals surface area contributed by atoms with Crippen molar-refractivity contribution in [1.29, 1.82) is 1.43 Å². The third-order valence-corrected chi connectivity index (χ3v) is 3.02. The van der Waals surface area contributed by atoms with Gasteiger partial charge in [-0.1, -0.05) is 0 Å². The quantitative estimate of drug-likeness (QED) is 0.190. The molecule has 0 saturated carbocycles. The van der Waals surface area contributed by atoms with E-state index >= 15 is 0 Å². The Morgan fingerprint density at radius 3 is 2.00 bits per heavy atom. The lowest BCUT2D eigenvalue weighted by atomic mass is 9.94. The molecule has 0 bridgehead atoms. The van der Waals surface area contributed by atoms with E-state index in [2.05, 4.69) is 14.2 Å². The van der Waals surface area contributed by atoms with E-state index in [1.54, 1.807) is 0 Å². The Morgan fingerprint density at radius 2 is 1.62 bits per heavy atom. The first-order valence-electron chi connectivity index (χ1n) is 5.30. The zero-order valence-corrected chi connectivity index (χ0v) is 11.8. The van der Waals surface area contributed by atoms with Gasteiger partial charge in [0.15, 0.2) is 0 Å². The summed E-state index contributed by atoms with van der Waals surface area (Å²) in [4.78, 5) is 45.0. The lowest BCUT2D eigenvalue weighted by Gasteiger charge is -2.31. The molecule has 0 aliphatic rings. The average Bonchev–Trinajstić information content (AvgIpc) is 2.38. The van der Waals surface area contributed by atoms with Crippen molar-refractivity contribution in [2.45, 2.75) is 17.8 Å². The van der Waals surface area contributed by atoms with Gasteiger partial charge in [0.1, 0.15) is 18.8 Å². The minimum atomic E-state index is -5.20. The SMILES string of the molecule is [2H]OC(=O)[C@](O)(COP(=O)(O)O)[C@@H](O)[C@H](O)COP(=O)(O)O. The van der Waals surface area contributed by atoms with Crippen LogP contribution in [0.3, 0.4) is 0 Å². The van der Waals surface area contributed by atoms with E-state index in [1.165, 1.54) is 0 Å². The van der Waals surface area contributed by atoms with Gasteiger partial charge in [0.2, 0.25) is 5.60 Å². The number of carbonyl (C=O) groups is 1. The summed E-state index contributed by atoms with van der Waals surface area (Å²) in [6.45, 7) is -2.86. The minimum Gasteiger partial charge on any atom is -0.479 e. The van der Waals surface area contributed by atoms with Crippen molar-refractivity contribution in [2.75, 3.05) is 13.2 Å². The number of aliphatic hydroxyl groups is 3. The van der Waals surface area contributed by atoms with E-state index in [0.717, 1.165) is 0 Å². The highest BCUT2D eigenvalue weighted by Gasteiger charge is 2.49. The highest BCUT2D eigenvalue weighted by molar-refractivity contribution is 7.46. The van der Waals surface area contributed by atoms with Gasteiger partial charge in [0, 0.05) is 0 Å². The van der Waals surface area contributed by atoms with E-state index in [-0.39, 0.29) is 0 Å². The molecule has 0 amide bonds. The molecule has 13 nitrogen and oxygen atoms in total. The molecule has 21 heavy (non-hydrogen) atoms. The average molecular weight is 357 g/mol. The zero-order chi connectivity index (χ0) is 17.8. The maximum atomic E-state index is 11.2. The maximum absolute atomic E-state index is 11.2. The number of hydrogen-bond acceptors (Lipinski definition) is 9. The molecule has 126 valence electrons. The van der Waals surface area contributed by atoms with E-state index in [0.29, 0.717) is 0 Å². The normalized spacial score (nSPS) is 19.3. The standard InChI is InChI=1S/C6H14O13P2/c7-3(1-18-20(12,13)14)4(8)6(11,5(9)10)2-19-21(15,16)17/h3-4,7-8,11H,1-2H2,(H,9,10)(H2,12,13,14)(H2,15,16,17)/t3-,4+,6+/m1/s1/i/hD. The molecule has 0 rings (SSSR count). The summed E-state index contributed by atoms with van der Waals surface area (Å²) < 4.78 is 34.9. The molecule has 3 atom stereocenters. The van der Waals surface area contributed by atoms with Crippen LogP contribution in [-0.2, 0) is 23.0 Å². The molecule has 8 N–H and O–H groups in total. The van der Waals surface area contributed by atoms with Crippen LogP contribution in [0, 0.1) is 0 Å². The van der Waals surface area contributed by atoms with Gasteiger partial charge in [-0.25, -0.2) is 13.9 Å². The van der Waals surface area contributed by atoms with E-state index < -0.39 is 52.6 Å². The summed E-state index contributed by atoms with van der Waals surface area (Å²) in [5.74, 6) is -1.95. The Hall–Kier alpha value is -0.430. The fourth-order valence-corrected chi connectivity index (χ4v) is 1.74. The Balaban J connectivity index is 5.12. The molecule has 0 aliphatic carbocycles. The summed E-state index contributed by atoms with van der Waals surface area (Å²) >= 11 is 0. The van der Waals surface area contributed by atoms with Gasteiger partial charge in [0.25, 0.3) is 1.43 Å². The lowest BCUT2D eigenvalue weighted by molar-refractivity contribution is -0.190. The number of phosphoric acid groups is 2. The van der Waals surface area contributed by atoms with Gasteiger partial charge in [-0.3, -0.25) is 9.05 Å². The molecule has 0 spiro atoms. The number of aliphatic hydroxyl groups excluding tert-OH is 2. The van der Waals surface area contributed by atoms with Crippen LogP contribution < -0.4 is 0 Å². The van der Waals surface area contributed by atoms with Crippen LogP contribution in [0.2, 0.25) is 0 Å². The van der Waals surface area contributed by atoms with E-state index in [4.69, 9.17) is 21.0 Å². The number of hydrogen-bond donors (Lipinski definition) is 8. The van der Waals surface area contributed by atoms with Gasteiger partial charge in [-0.05, 0) is 0 Å². The van der Waals surface area contributed by atoms with Crippen molar-refractivity contribution >= 4 is 21.6 Å². The smallest absolute Gasteiger partial charge is 0.469 e. The van der Waals surface area contributed by atoms with Crippen molar-refractivity contribution in [3.63, 3.8) is 0 Å². The topological polar surface area (TPSA) is 232 Å². The zero-order valence-electron chi connectivity index (χ0n) is 11.0. The molecule has 0 fully saturated rings. The monoisotopic (exact) mass is 357 g/mol. The third kappa shape index (κ3) is 7.40. The lowest BCUT2D eigenvalue weighted by Crippen LogP contribution is -2.58. The second kappa shape index (κ2) is 7.22. The fraction of sp³-hybridized carbons (Fsp3) is 0.833. The predicted molar refractivity (Wildman–Crippen MR) is 60.6 cm³/mol. The highest BCUT2D eigenvalue weighted by atomic mass is 31.2. The second-order valence-corrected chi connectivity index (χ2v) is 6.25. The summed E-state index contributed by atoms with van der Waals surface area (Å²) in [7, 11) is -10.2. The number of rotatable bonds is 9. The first kappa shape index (κ1) is 18.6. The van der Waals surface area contributed by atoms with Crippen LogP contribution in [0.4, 0.5) is 0 Å². The molecule has 0 aliphatic heterocycles. The molecule has 0 radical (unpaired) electrons. The van der Waals surface area contributed by atoms with E-state index in [9.17, 15) is 29.2 Å². The van der Waals surface area contributed by atoms with Gasteiger partial charge in [-0.15, -0.1) is 0 Å². The molecular weight excluding hydrogens is 342 g/mol. The van der Waals surface area contributed by atoms with Crippen molar-refractivity contribution in [1.82, 2.24) is 0 Å². The Morgan fingerprint density at radius 1 is 1.14 bits per heavy atom. The van der Waals surface area contributed by atoms with Gasteiger partial charge >= 0.3 is 21.6 Å². The van der Waals surface area contributed by atoms with E-state index in [1.807, 2.05) is 0 Å². The van der Waals surface area contributed by atoms with Gasteiger partial charge in [0.05, 0.1) is 6.61 Å². The van der Waals surface area contributed by atoms with Crippen molar-refractivity contribution < 1.29 is 63.0 Å². The fourth-order valence-electron chi connectivity index (χ4n) is 1.03. The minimum absolute atomic E-state index is 1.27. The maximum Gasteiger partial charge on any atom is 0.469 e. The van der Waals surface area contributed by atoms with Crippen molar-refractivity contribution in [3.8, 4) is 0 Å². The molecule has 0 unspecified atom stereocenters. The Labute approximate surface area is 118 Å².